The molecule has 0 aliphatic carbocycles. The summed E-state index contributed by atoms with van der Waals surface area (Å²) in [6.07, 6.45) is 4.48. The van der Waals surface area contributed by atoms with Crippen LogP contribution in [-0.4, -0.2) is 28.7 Å². The van der Waals surface area contributed by atoms with Crippen LogP contribution in [0.1, 0.15) is 24.8 Å². The molecule has 1 aromatic rings. The fraction of sp³-hybridized carbons (Fsp3) is 0.467. The van der Waals surface area contributed by atoms with Gasteiger partial charge in [-0.2, -0.15) is 0 Å². The van der Waals surface area contributed by atoms with Crippen molar-refractivity contribution >= 4 is 0 Å². The van der Waals surface area contributed by atoms with Crippen LogP contribution in [0.5, 0.6) is 0 Å². The van der Waals surface area contributed by atoms with Crippen molar-refractivity contribution < 1.29 is 5.11 Å². The number of hydrogen-bond donors (Lipinski definition) is 1. The zero-order chi connectivity index (χ0) is 12.1. The van der Waals surface area contributed by atoms with E-state index in [0.29, 0.717) is 6.42 Å². The predicted octanol–water partition coefficient (Wildman–Crippen LogP) is 2.59. The SMILES string of the molecule is C=CCC1(O)CCCN(Cc2ccccc2)C1. The van der Waals surface area contributed by atoms with Gasteiger partial charge >= 0.3 is 0 Å². The molecule has 1 N–H and O–H groups in total. The first-order valence-corrected chi connectivity index (χ1v) is 6.31. The van der Waals surface area contributed by atoms with E-state index < -0.39 is 5.60 Å². The topological polar surface area (TPSA) is 23.5 Å². The second-order valence-corrected chi connectivity index (χ2v) is 5.02. The summed E-state index contributed by atoms with van der Waals surface area (Å²) in [5.41, 5.74) is 0.754. The number of piperidine rings is 1. The minimum Gasteiger partial charge on any atom is -0.388 e. The molecule has 1 atom stereocenters. The largest absolute Gasteiger partial charge is 0.388 e. The predicted molar refractivity (Wildman–Crippen MR) is 70.7 cm³/mol. The third-order valence-electron chi connectivity index (χ3n) is 3.41. The fourth-order valence-electron chi connectivity index (χ4n) is 2.62. The van der Waals surface area contributed by atoms with Crippen molar-refractivity contribution in [3.63, 3.8) is 0 Å². The van der Waals surface area contributed by atoms with Gasteiger partial charge in [-0.25, -0.2) is 0 Å². The molecule has 0 radical (unpaired) electrons. The summed E-state index contributed by atoms with van der Waals surface area (Å²) in [4.78, 5) is 2.34. The van der Waals surface area contributed by atoms with Gasteiger partial charge in [-0.3, -0.25) is 4.90 Å². The minimum absolute atomic E-state index is 0.561. The summed E-state index contributed by atoms with van der Waals surface area (Å²) in [5, 5.41) is 10.4. The molecular weight excluding hydrogens is 210 g/mol. The third kappa shape index (κ3) is 3.42. The quantitative estimate of drug-likeness (QED) is 0.805. The summed E-state index contributed by atoms with van der Waals surface area (Å²) in [6, 6.07) is 10.4. The summed E-state index contributed by atoms with van der Waals surface area (Å²) in [5.74, 6) is 0. The van der Waals surface area contributed by atoms with Crippen molar-refractivity contribution in [2.75, 3.05) is 13.1 Å². The van der Waals surface area contributed by atoms with Crippen molar-refractivity contribution in [1.82, 2.24) is 4.90 Å². The smallest absolute Gasteiger partial charge is 0.0808 e. The van der Waals surface area contributed by atoms with Crippen molar-refractivity contribution in [3.05, 3.63) is 48.6 Å². The van der Waals surface area contributed by atoms with Gasteiger partial charge in [0.15, 0.2) is 0 Å². The normalized spacial score (nSPS) is 25.7. The van der Waals surface area contributed by atoms with Crippen molar-refractivity contribution in [2.45, 2.75) is 31.4 Å². The van der Waals surface area contributed by atoms with E-state index in [0.717, 1.165) is 32.5 Å². The molecule has 0 spiro atoms. The Hall–Kier alpha value is -1.12. The Morgan fingerprint density at radius 1 is 1.35 bits per heavy atom. The Balaban J connectivity index is 1.96. The lowest BCUT2D eigenvalue weighted by molar-refractivity contribution is -0.0306. The minimum atomic E-state index is -0.561. The number of hydrogen-bond acceptors (Lipinski definition) is 2. The van der Waals surface area contributed by atoms with E-state index in [1.54, 1.807) is 0 Å². The molecule has 1 aliphatic heterocycles. The number of nitrogens with zero attached hydrogens (tertiary/aromatic N) is 1. The lowest BCUT2D eigenvalue weighted by atomic mass is 9.89. The highest BCUT2D eigenvalue weighted by atomic mass is 16.3. The number of benzene rings is 1. The van der Waals surface area contributed by atoms with Gasteiger partial charge in [0.25, 0.3) is 0 Å². The van der Waals surface area contributed by atoms with Crippen LogP contribution >= 0.6 is 0 Å². The van der Waals surface area contributed by atoms with Gasteiger partial charge in [0, 0.05) is 13.1 Å². The maximum atomic E-state index is 10.4. The van der Waals surface area contributed by atoms with E-state index in [4.69, 9.17) is 0 Å². The summed E-state index contributed by atoms with van der Waals surface area (Å²) in [7, 11) is 0. The van der Waals surface area contributed by atoms with Gasteiger partial charge < -0.3 is 5.11 Å². The number of aliphatic hydroxyl groups is 1. The Kier molecular flexibility index (Phi) is 3.97. The van der Waals surface area contributed by atoms with E-state index in [2.05, 4.69) is 35.7 Å². The molecule has 17 heavy (non-hydrogen) atoms. The van der Waals surface area contributed by atoms with Gasteiger partial charge in [0.1, 0.15) is 0 Å². The molecule has 0 aromatic heterocycles. The van der Waals surface area contributed by atoms with E-state index in [1.165, 1.54) is 5.56 Å². The Morgan fingerprint density at radius 3 is 2.82 bits per heavy atom. The first kappa shape index (κ1) is 12.3. The summed E-state index contributed by atoms with van der Waals surface area (Å²) in [6.45, 7) is 6.50. The standard InChI is InChI=1S/C15H21NO/c1-2-9-15(17)10-6-11-16(13-15)12-14-7-4-3-5-8-14/h2-5,7-8,17H,1,6,9-13H2. The monoisotopic (exact) mass is 231 g/mol. The van der Waals surface area contributed by atoms with Crippen LogP contribution in [0, 0.1) is 0 Å². The van der Waals surface area contributed by atoms with Crippen molar-refractivity contribution in [1.29, 1.82) is 0 Å². The average Bonchev–Trinajstić information content (AvgIpc) is 2.30. The van der Waals surface area contributed by atoms with Gasteiger partial charge in [0.05, 0.1) is 5.60 Å². The highest BCUT2D eigenvalue weighted by Gasteiger charge is 2.31. The van der Waals surface area contributed by atoms with Crippen LogP contribution in [-0.2, 0) is 6.54 Å². The van der Waals surface area contributed by atoms with Crippen LogP contribution in [0.4, 0.5) is 0 Å². The number of β-amino-alcohol motifs (C(OH)–C–C–N with tert-alkyl or cyclic N) is 1. The molecule has 92 valence electrons. The van der Waals surface area contributed by atoms with Crippen LogP contribution < -0.4 is 0 Å². The Morgan fingerprint density at radius 2 is 2.12 bits per heavy atom. The van der Waals surface area contributed by atoms with E-state index >= 15 is 0 Å². The highest BCUT2D eigenvalue weighted by molar-refractivity contribution is 5.14. The maximum absolute atomic E-state index is 10.4. The third-order valence-corrected chi connectivity index (χ3v) is 3.41. The maximum Gasteiger partial charge on any atom is 0.0808 e. The molecule has 0 saturated carbocycles. The van der Waals surface area contributed by atoms with E-state index in [-0.39, 0.29) is 0 Å². The molecule has 0 bridgehead atoms. The van der Waals surface area contributed by atoms with Crippen LogP contribution in [0.3, 0.4) is 0 Å². The molecule has 2 rings (SSSR count). The van der Waals surface area contributed by atoms with Crippen molar-refractivity contribution in [3.8, 4) is 0 Å². The van der Waals surface area contributed by atoms with Crippen LogP contribution in [0.15, 0.2) is 43.0 Å². The lowest BCUT2D eigenvalue weighted by Crippen LogP contribution is -2.47. The average molecular weight is 231 g/mol. The molecule has 1 saturated heterocycles. The fourth-order valence-corrected chi connectivity index (χ4v) is 2.62. The first-order chi connectivity index (χ1) is 8.22. The molecular formula is C15H21NO. The van der Waals surface area contributed by atoms with Gasteiger partial charge in [-0.05, 0) is 31.4 Å². The molecule has 1 unspecified atom stereocenters. The Labute approximate surface area is 104 Å². The van der Waals surface area contributed by atoms with Gasteiger partial charge in [-0.1, -0.05) is 36.4 Å². The number of likely N-dealkylation sites (tertiary alicyclic amines) is 1. The summed E-state index contributed by atoms with van der Waals surface area (Å²) >= 11 is 0. The zero-order valence-corrected chi connectivity index (χ0v) is 10.3. The van der Waals surface area contributed by atoms with Crippen LogP contribution in [0.25, 0.3) is 0 Å². The second-order valence-electron chi connectivity index (χ2n) is 5.02. The van der Waals surface area contributed by atoms with Crippen molar-refractivity contribution in [2.24, 2.45) is 0 Å². The zero-order valence-electron chi connectivity index (χ0n) is 10.3. The molecule has 1 aliphatic rings. The second kappa shape index (κ2) is 5.48. The molecule has 1 fully saturated rings. The van der Waals surface area contributed by atoms with E-state index in [1.807, 2.05) is 12.1 Å². The van der Waals surface area contributed by atoms with Gasteiger partial charge in [-0.15, -0.1) is 6.58 Å². The first-order valence-electron chi connectivity index (χ1n) is 6.31. The molecule has 0 amide bonds. The van der Waals surface area contributed by atoms with Gasteiger partial charge in [0.2, 0.25) is 0 Å². The molecule has 1 heterocycles. The molecule has 1 aromatic carbocycles. The lowest BCUT2D eigenvalue weighted by Gasteiger charge is -2.38. The van der Waals surface area contributed by atoms with Crippen LogP contribution in [0.2, 0.25) is 0 Å². The summed E-state index contributed by atoms with van der Waals surface area (Å²) < 4.78 is 0. The molecule has 2 heteroatoms. The highest BCUT2D eigenvalue weighted by Crippen LogP contribution is 2.25. The Bertz CT molecular complexity index is 362. The number of rotatable bonds is 4. The molecule has 2 nitrogen and oxygen atoms in total. The van der Waals surface area contributed by atoms with E-state index in [9.17, 15) is 5.11 Å².